The molecule has 5 heteroatoms. The average molecular weight is 388 g/mol. The molecule has 3 nitrogen and oxygen atoms in total. The second-order valence-corrected chi connectivity index (χ2v) is 8.39. The van der Waals surface area contributed by atoms with Crippen LogP contribution in [0.25, 0.3) is 3.58 Å². The van der Waals surface area contributed by atoms with Gasteiger partial charge in [0.05, 0.1) is 0 Å². The molecule has 1 fully saturated rings. The predicted molar refractivity (Wildman–Crippen MR) is 71.3 cm³/mol. The summed E-state index contributed by atoms with van der Waals surface area (Å²) in [7, 11) is 0. The zero-order valence-electron chi connectivity index (χ0n) is 10.6. The number of nitrogens with zero attached hydrogens (tertiary/aromatic N) is 1. The average Bonchev–Trinajstić information content (AvgIpc) is 2.95. The van der Waals surface area contributed by atoms with Gasteiger partial charge in [-0.3, -0.25) is 0 Å². The molecule has 2 aliphatic rings. The van der Waals surface area contributed by atoms with Crippen LogP contribution in [-0.2, 0) is 0 Å². The van der Waals surface area contributed by atoms with Crippen LogP contribution in [0.15, 0.2) is 15.3 Å². The third kappa shape index (κ3) is 2.38. The van der Waals surface area contributed by atoms with E-state index in [1.807, 2.05) is 13.1 Å². The number of rotatable bonds is 2. The molecule has 0 radical (unpaired) electrons. The van der Waals surface area contributed by atoms with Crippen LogP contribution < -0.4 is 31.1 Å². The van der Waals surface area contributed by atoms with Crippen LogP contribution >= 0.6 is 11.3 Å². The molecular formula is C14H15INO2S-. The number of hydrogen-bond donors (Lipinski definition) is 1. The molecule has 2 heterocycles. The van der Waals surface area contributed by atoms with Crippen molar-refractivity contribution in [1.29, 1.82) is 0 Å². The van der Waals surface area contributed by atoms with Gasteiger partial charge in [-0.05, 0) is 0 Å². The fraction of sp³-hybridized carbons (Fsp3) is 0.429. The number of halogens is 1. The summed E-state index contributed by atoms with van der Waals surface area (Å²) in [6.07, 6.45) is 7.02. The molecule has 1 N–H and O–H groups in total. The number of carboxylic acids is 1. The van der Waals surface area contributed by atoms with Gasteiger partial charge in [-0.2, -0.15) is 0 Å². The van der Waals surface area contributed by atoms with Gasteiger partial charge in [0.2, 0.25) is 0 Å². The van der Waals surface area contributed by atoms with Crippen LogP contribution in [0.3, 0.4) is 0 Å². The molecule has 0 amide bonds. The van der Waals surface area contributed by atoms with Gasteiger partial charge in [0, 0.05) is 0 Å². The summed E-state index contributed by atoms with van der Waals surface area (Å²) in [5.41, 5.74) is 0.932. The summed E-state index contributed by atoms with van der Waals surface area (Å²) < 4.78 is 4.63. The van der Waals surface area contributed by atoms with Crippen molar-refractivity contribution in [3.8, 4) is 0 Å². The summed E-state index contributed by atoms with van der Waals surface area (Å²) in [6, 6.07) is 0. The topological polar surface area (TPSA) is 49.7 Å². The zero-order chi connectivity index (χ0) is 13.4. The molecule has 102 valence electrons. The standard InChI is InChI=1S/C14H15INO2S/c1-8-10-11(9-4-2-3-5-9)15-6-7-16-13(10)19-12(8)14(17)18/h6-7,9H,2-5H2,1H3,(H,17,18)/q-1. The van der Waals surface area contributed by atoms with E-state index in [0.717, 1.165) is 10.2 Å². The third-order valence-corrected chi connectivity index (χ3v) is 7.66. The van der Waals surface area contributed by atoms with Crippen molar-refractivity contribution in [2.75, 3.05) is 0 Å². The summed E-state index contributed by atoms with van der Waals surface area (Å²) in [5, 5.41) is 10.5. The fourth-order valence-electron chi connectivity index (χ4n) is 2.79. The number of hydrogen-bond acceptors (Lipinski definition) is 3. The molecule has 0 saturated heterocycles. The SMILES string of the molecule is Cc1c(C(=O)O)sc2c1=C(C1CCCC1)[I-]C=CN=2. The Labute approximate surface area is 126 Å². The molecule has 1 saturated carbocycles. The molecule has 1 aliphatic carbocycles. The number of fused-ring (bicyclic) bond motifs is 1. The summed E-state index contributed by atoms with van der Waals surface area (Å²) >= 11 is 1.18. The minimum atomic E-state index is -0.821. The first kappa shape index (κ1) is 13.3. The van der Waals surface area contributed by atoms with Crippen molar-refractivity contribution in [2.45, 2.75) is 32.6 Å². The molecule has 0 atom stereocenters. The molecule has 1 aromatic heterocycles. The zero-order valence-corrected chi connectivity index (χ0v) is 13.6. The van der Waals surface area contributed by atoms with Crippen molar-refractivity contribution in [1.82, 2.24) is 0 Å². The van der Waals surface area contributed by atoms with E-state index in [1.165, 1.54) is 45.8 Å². The number of carboxylic acid groups (broad SMARTS) is 1. The predicted octanol–water partition coefficient (Wildman–Crippen LogP) is -0.753. The second kappa shape index (κ2) is 5.36. The Balaban J connectivity index is 2.29. The van der Waals surface area contributed by atoms with Crippen LogP contribution in [0, 0.1) is 12.8 Å². The monoisotopic (exact) mass is 388 g/mol. The Hall–Kier alpha value is -0.690. The van der Waals surface area contributed by atoms with E-state index in [2.05, 4.69) is 9.08 Å². The molecule has 1 aromatic rings. The van der Waals surface area contributed by atoms with Gasteiger partial charge in [0.25, 0.3) is 0 Å². The van der Waals surface area contributed by atoms with E-state index in [4.69, 9.17) is 0 Å². The van der Waals surface area contributed by atoms with E-state index in [-0.39, 0.29) is 21.2 Å². The summed E-state index contributed by atoms with van der Waals surface area (Å²) in [5.74, 6) is -0.154. The molecule has 0 bridgehead atoms. The molecule has 1 aliphatic heterocycles. The van der Waals surface area contributed by atoms with Crippen LogP contribution in [-0.4, -0.2) is 11.1 Å². The molecular weight excluding hydrogens is 373 g/mol. The Morgan fingerprint density at radius 1 is 1.47 bits per heavy atom. The number of carbonyl (C=O) groups is 1. The fourth-order valence-corrected chi connectivity index (χ4v) is 6.80. The van der Waals surface area contributed by atoms with E-state index < -0.39 is 5.97 Å². The Kier molecular flexibility index (Phi) is 3.75. The Morgan fingerprint density at radius 2 is 2.21 bits per heavy atom. The molecule has 3 rings (SSSR count). The number of thiophene rings is 1. The van der Waals surface area contributed by atoms with Gasteiger partial charge in [0.15, 0.2) is 0 Å². The Bertz CT molecular complexity index is 668. The molecule has 19 heavy (non-hydrogen) atoms. The minimum absolute atomic E-state index is 0.148. The van der Waals surface area contributed by atoms with Crippen molar-refractivity contribution in [3.63, 3.8) is 0 Å². The van der Waals surface area contributed by atoms with Crippen molar-refractivity contribution in [2.24, 2.45) is 10.9 Å². The van der Waals surface area contributed by atoms with E-state index >= 15 is 0 Å². The maximum absolute atomic E-state index is 11.3. The van der Waals surface area contributed by atoms with Gasteiger partial charge in [0.1, 0.15) is 0 Å². The second-order valence-electron chi connectivity index (χ2n) is 4.88. The summed E-state index contributed by atoms with van der Waals surface area (Å²) in [4.78, 5) is 16.2. The van der Waals surface area contributed by atoms with Crippen molar-refractivity contribution < 1.29 is 31.1 Å². The third-order valence-electron chi connectivity index (χ3n) is 3.70. The van der Waals surface area contributed by atoms with Gasteiger partial charge >= 0.3 is 126 Å². The molecule has 0 aromatic carbocycles. The van der Waals surface area contributed by atoms with Crippen LogP contribution in [0.4, 0.5) is 0 Å². The maximum atomic E-state index is 11.3. The van der Waals surface area contributed by atoms with Gasteiger partial charge in [-0.15, -0.1) is 0 Å². The van der Waals surface area contributed by atoms with Gasteiger partial charge in [-0.25, -0.2) is 0 Å². The van der Waals surface area contributed by atoms with E-state index in [9.17, 15) is 9.90 Å². The Morgan fingerprint density at radius 3 is 2.89 bits per heavy atom. The van der Waals surface area contributed by atoms with Crippen LogP contribution in [0.1, 0.15) is 40.9 Å². The van der Waals surface area contributed by atoms with E-state index in [1.54, 1.807) is 0 Å². The quantitative estimate of drug-likeness (QED) is 0.678. The van der Waals surface area contributed by atoms with Crippen molar-refractivity contribution >= 4 is 20.9 Å². The van der Waals surface area contributed by atoms with Crippen LogP contribution in [0.5, 0.6) is 0 Å². The van der Waals surface area contributed by atoms with Crippen molar-refractivity contribution in [3.05, 3.63) is 30.6 Å². The van der Waals surface area contributed by atoms with Gasteiger partial charge in [-0.1, -0.05) is 0 Å². The first-order valence-electron chi connectivity index (χ1n) is 6.41. The molecule has 0 spiro atoms. The molecule has 0 unspecified atom stereocenters. The normalized spacial score (nSPS) is 19.5. The summed E-state index contributed by atoms with van der Waals surface area (Å²) in [6.45, 7) is 1.94. The first-order chi connectivity index (χ1) is 9.18. The first-order valence-corrected chi connectivity index (χ1v) is 9.55. The van der Waals surface area contributed by atoms with Crippen LogP contribution in [0.2, 0.25) is 0 Å². The van der Waals surface area contributed by atoms with Gasteiger partial charge < -0.3 is 0 Å². The van der Waals surface area contributed by atoms with E-state index in [0.29, 0.717) is 10.8 Å². The number of aromatic carboxylic acids is 1.